The van der Waals surface area contributed by atoms with Crippen LogP contribution in [-0.4, -0.2) is 30.1 Å². The standard InChI is InChI=1S/C25H35ClN4O4/c1-16(11-12-33-29-28-30(6)25(3,4)5)13-22(31)34-23-17(2)27-14-20-21(23)15-32-24(20)18-7-9-19(26)10-8-18/h7-10,14,16,24,28-29H,11-13,15H2,1-6H3/p+2. The van der Waals surface area contributed by atoms with Crippen LogP contribution in [0.25, 0.3) is 0 Å². The Kier molecular flexibility index (Phi) is 9.03. The normalized spacial score (nSPS) is 17.3. The van der Waals surface area contributed by atoms with Gasteiger partial charge in [0, 0.05) is 34.3 Å². The fourth-order valence-corrected chi connectivity index (χ4v) is 3.68. The molecule has 9 heteroatoms. The second kappa shape index (κ2) is 11.6. The Morgan fingerprint density at radius 3 is 2.74 bits per heavy atom. The molecule has 3 atom stereocenters. The summed E-state index contributed by atoms with van der Waals surface area (Å²) in [7, 11) is 2.04. The number of halogens is 1. The number of nitrogens with zero attached hydrogens (tertiary/aromatic N) is 1. The van der Waals surface area contributed by atoms with Gasteiger partial charge in [0.15, 0.2) is 5.75 Å². The van der Waals surface area contributed by atoms with Gasteiger partial charge in [-0.1, -0.05) is 36.2 Å². The molecular formula is C25H37ClN4O4+2. The van der Waals surface area contributed by atoms with Gasteiger partial charge in [-0.15, -0.1) is 0 Å². The van der Waals surface area contributed by atoms with Crippen molar-refractivity contribution < 1.29 is 29.7 Å². The number of nitrogens with one attached hydrogen (secondary N) is 2. The molecule has 0 spiro atoms. The Bertz CT molecular complexity index is 978. The van der Waals surface area contributed by atoms with E-state index in [2.05, 4.69) is 31.3 Å². The van der Waals surface area contributed by atoms with E-state index in [1.165, 1.54) is 0 Å². The fourth-order valence-electron chi connectivity index (χ4n) is 3.55. The van der Waals surface area contributed by atoms with Gasteiger partial charge >= 0.3 is 5.97 Å². The topological polar surface area (TPSA) is 90.7 Å². The van der Waals surface area contributed by atoms with Crippen molar-refractivity contribution in [2.24, 2.45) is 5.92 Å². The first kappa shape index (κ1) is 26.5. The highest BCUT2D eigenvalue weighted by Crippen LogP contribution is 2.41. The van der Waals surface area contributed by atoms with Gasteiger partial charge in [-0.2, -0.15) is 4.84 Å². The number of hydrogen-bond donors (Lipinski definition) is 3. The Balaban J connectivity index is 1.52. The van der Waals surface area contributed by atoms with Gasteiger partial charge in [-0.05, 0) is 57.7 Å². The number of esters is 1. The molecule has 1 aliphatic rings. The molecule has 1 aromatic heterocycles. The largest absolute Gasteiger partial charge is 0.424 e. The molecule has 3 unspecified atom stereocenters. The summed E-state index contributed by atoms with van der Waals surface area (Å²) in [5, 5.41) is 1.80. The average molecular weight is 493 g/mol. The minimum atomic E-state index is -0.278. The SMILES string of the molecule is Cc1ncc2c(c1OC(=O)CC(C)CCO[NH2+]N[NH+](C)C(C)(C)C)COC2c1ccc(Cl)cc1. The second-order valence-electron chi connectivity index (χ2n) is 9.93. The summed E-state index contributed by atoms with van der Waals surface area (Å²) in [5.41, 5.74) is 8.32. The number of rotatable bonds is 10. The number of aromatic nitrogens is 1. The Morgan fingerprint density at radius 2 is 2.06 bits per heavy atom. The van der Waals surface area contributed by atoms with Crippen LogP contribution in [0.2, 0.25) is 5.02 Å². The van der Waals surface area contributed by atoms with Crippen LogP contribution in [0, 0.1) is 12.8 Å². The molecule has 0 radical (unpaired) electrons. The summed E-state index contributed by atoms with van der Waals surface area (Å²) in [5.74, 6) is 0.351. The van der Waals surface area contributed by atoms with Crippen LogP contribution in [0.3, 0.4) is 0 Å². The monoisotopic (exact) mass is 492 g/mol. The van der Waals surface area contributed by atoms with E-state index in [9.17, 15) is 4.79 Å². The molecule has 0 amide bonds. The van der Waals surface area contributed by atoms with Gasteiger partial charge < -0.3 is 9.47 Å². The predicted molar refractivity (Wildman–Crippen MR) is 129 cm³/mol. The number of ether oxygens (including phenoxy) is 2. The van der Waals surface area contributed by atoms with E-state index in [0.717, 1.165) is 28.1 Å². The molecule has 1 aliphatic heterocycles. The van der Waals surface area contributed by atoms with Crippen LogP contribution < -0.4 is 20.9 Å². The molecule has 0 saturated carbocycles. The lowest BCUT2D eigenvalue weighted by molar-refractivity contribution is -1.15. The molecule has 2 aromatic rings. The molecule has 8 nitrogen and oxygen atoms in total. The van der Waals surface area contributed by atoms with Crippen molar-refractivity contribution in [1.82, 2.24) is 10.5 Å². The molecule has 2 heterocycles. The van der Waals surface area contributed by atoms with Crippen molar-refractivity contribution in [3.63, 3.8) is 0 Å². The van der Waals surface area contributed by atoms with Crippen molar-refractivity contribution >= 4 is 17.6 Å². The van der Waals surface area contributed by atoms with Crippen LogP contribution >= 0.6 is 11.6 Å². The first-order valence-corrected chi connectivity index (χ1v) is 12.0. The van der Waals surface area contributed by atoms with E-state index in [1.807, 2.05) is 45.2 Å². The highest BCUT2D eigenvalue weighted by Gasteiger charge is 2.30. The molecule has 0 aliphatic carbocycles. The van der Waals surface area contributed by atoms with Crippen LogP contribution in [-0.2, 0) is 21.0 Å². The number of aryl methyl sites for hydroxylation is 1. The van der Waals surface area contributed by atoms with Gasteiger partial charge in [-0.3, -0.25) is 9.78 Å². The molecule has 0 saturated heterocycles. The Hall–Kier alpha value is -2.07. The highest BCUT2D eigenvalue weighted by molar-refractivity contribution is 6.30. The first-order valence-electron chi connectivity index (χ1n) is 11.7. The minimum absolute atomic E-state index is 0.0708. The van der Waals surface area contributed by atoms with Crippen molar-refractivity contribution in [3.05, 3.63) is 57.9 Å². The zero-order valence-corrected chi connectivity index (χ0v) is 21.7. The zero-order chi connectivity index (χ0) is 24.9. The average Bonchev–Trinajstić information content (AvgIpc) is 3.19. The second-order valence-corrected chi connectivity index (χ2v) is 10.4. The molecule has 0 fully saturated rings. The lowest BCUT2D eigenvalue weighted by Gasteiger charge is -2.25. The number of nitrogens with two attached hydrogens (primary N) is 1. The highest BCUT2D eigenvalue weighted by atomic mass is 35.5. The molecule has 4 N–H and O–H groups in total. The number of pyridine rings is 1. The zero-order valence-electron chi connectivity index (χ0n) is 20.9. The molecule has 34 heavy (non-hydrogen) atoms. The molecular weight excluding hydrogens is 456 g/mol. The smallest absolute Gasteiger partial charge is 0.311 e. The fraction of sp³-hybridized carbons (Fsp3) is 0.520. The molecule has 186 valence electrons. The summed E-state index contributed by atoms with van der Waals surface area (Å²) in [4.78, 5) is 22.7. The lowest BCUT2D eigenvalue weighted by Crippen LogP contribution is -3.32. The van der Waals surface area contributed by atoms with E-state index in [-0.39, 0.29) is 23.5 Å². The van der Waals surface area contributed by atoms with Crippen LogP contribution in [0.4, 0.5) is 0 Å². The van der Waals surface area contributed by atoms with E-state index in [4.69, 9.17) is 25.9 Å². The van der Waals surface area contributed by atoms with E-state index in [1.54, 1.807) is 11.8 Å². The third-order valence-electron chi connectivity index (χ3n) is 6.14. The molecule has 3 rings (SSSR count). The number of quaternary nitrogens is 2. The van der Waals surface area contributed by atoms with Crippen molar-refractivity contribution in [3.8, 4) is 5.75 Å². The van der Waals surface area contributed by atoms with E-state index < -0.39 is 0 Å². The summed E-state index contributed by atoms with van der Waals surface area (Å²) < 4.78 is 11.8. The van der Waals surface area contributed by atoms with E-state index >= 15 is 0 Å². The van der Waals surface area contributed by atoms with Crippen molar-refractivity contribution in [2.75, 3.05) is 13.7 Å². The van der Waals surface area contributed by atoms with Crippen LogP contribution in [0.5, 0.6) is 5.75 Å². The van der Waals surface area contributed by atoms with Gasteiger partial charge in [0.1, 0.15) is 18.2 Å². The quantitative estimate of drug-likeness (QED) is 0.204. The third kappa shape index (κ3) is 6.97. The van der Waals surface area contributed by atoms with Gasteiger partial charge in [0.2, 0.25) is 0 Å². The predicted octanol–water partition coefficient (Wildman–Crippen LogP) is 2.21. The number of carbonyl (C=O) groups excluding carboxylic acids is 1. The third-order valence-corrected chi connectivity index (χ3v) is 6.39. The summed E-state index contributed by atoms with van der Waals surface area (Å²) in [6.07, 6.45) is 2.60. The van der Waals surface area contributed by atoms with Crippen molar-refractivity contribution in [1.29, 1.82) is 0 Å². The number of fused-ring (bicyclic) bond motifs is 1. The molecule has 0 bridgehead atoms. The van der Waals surface area contributed by atoms with E-state index in [0.29, 0.717) is 36.1 Å². The Labute approximate surface area is 206 Å². The van der Waals surface area contributed by atoms with Crippen LogP contribution in [0.15, 0.2) is 30.5 Å². The summed E-state index contributed by atoms with van der Waals surface area (Å²) in [6.45, 7) is 11.2. The number of benzene rings is 1. The van der Waals surface area contributed by atoms with Crippen molar-refractivity contribution in [2.45, 2.75) is 65.7 Å². The van der Waals surface area contributed by atoms with Gasteiger partial charge in [0.05, 0.1) is 19.3 Å². The molecule has 1 aromatic carbocycles. The first-order chi connectivity index (χ1) is 16.1. The maximum Gasteiger partial charge on any atom is 0.311 e. The number of hydrogen-bond acceptors (Lipinski definition) is 6. The summed E-state index contributed by atoms with van der Waals surface area (Å²) >= 11 is 6.02. The van der Waals surface area contributed by atoms with Crippen LogP contribution in [0.1, 0.15) is 69.0 Å². The van der Waals surface area contributed by atoms with Gasteiger partial charge in [-0.25, -0.2) is 5.01 Å². The maximum atomic E-state index is 12.7. The maximum absolute atomic E-state index is 12.7. The Morgan fingerprint density at radius 1 is 1.35 bits per heavy atom. The van der Waals surface area contributed by atoms with Gasteiger partial charge in [0.25, 0.3) is 0 Å². The lowest BCUT2D eigenvalue weighted by atomic mass is 10.00. The minimum Gasteiger partial charge on any atom is -0.424 e. The number of carbonyl (C=O) groups is 1. The summed E-state index contributed by atoms with van der Waals surface area (Å²) in [6, 6.07) is 7.55.